The largest absolute Gasteiger partial charge is 0.481 e. The molecule has 0 saturated heterocycles. The summed E-state index contributed by atoms with van der Waals surface area (Å²) in [5, 5.41) is 21.3. The lowest BCUT2D eigenvalue weighted by Crippen LogP contribution is -2.11. The number of carboxylic acids is 1. The van der Waals surface area contributed by atoms with Crippen molar-refractivity contribution in [1.29, 1.82) is 0 Å². The SMILES string of the molecule is CCC(C(=O)O)c1c(-c2ccccc2)[nH]c2ccc([N+](=O)[O-])cc12. The molecule has 1 unspecified atom stereocenters. The van der Waals surface area contributed by atoms with Gasteiger partial charge in [0, 0.05) is 23.0 Å². The quantitative estimate of drug-likeness (QED) is 0.539. The van der Waals surface area contributed by atoms with Crippen LogP contribution in [-0.2, 0) is 4.79 Å². The maximum atomic E-state index is 11.7. The molecule has 122 valence electrons. The number of nitrogens with zero attached hydrogens (tertiary/aromatic N) is 1. The Labute approximate surface area is 137 Å². The van der Waals surface area contributed by atoms with Crippen LogP contribution in [-0.4, -0.2) is 21.0 Å². The molecule has 0 radical (unpaired) electrons. The van der Waals surface area contributed by atoms with Crippen LogP contribution in [0, 0.1) is 10.1 Å². The smallest absolute Gasteiger partial charge is 0.311 e. The number of hydrogen-bond acceptors (Lipinski definition) is 3. The van der Waals surface area contributed by atoms with E-state index in [4.69, 9.17) is 0 Å². The normalized spacial score (nSPS) is 12.2. The molecule has 1 aromatic heterocycles. The first-order chi connectivity index (χ1) is 11.5. The Morgan fingerprint density at radius 1 is 1.25 bits per heavy atom. The van der Waals surface area contributed by atoms with E-state index in [2.05, 4.69) is 4.98 Å². The van der Waals surface area contributed by atoms with E-state index in [0.29, 0.717) is 28.6 Å². The van der Waals surface area contributed by atoms with E-state index in [-0.39, 0.29) is 5.69 Å². The maximum absolute atomic E-state index is 11.7. The summed E-state index contributed by atoms with van der Waals surface area (Å²) in [5.41, 5.74) is 2.78. The molecule has 3 aromatic rings. The van der Waals surface area contributed by atoms with E-state index in [1.807, 2.05) is 30.3 Å². The lowest BCUT2D eigenvalue weighted by molar-refractivity contribution is -0.384. The Morgan fingerprint density at radius 3 is 2.54 bits per heavy atom. The minimum Gasteiger partial charge on any atom is -0.481 e. The Hall–Kier alpha value is -3.15. The van der Waals surface area contributed by atoms with Crippen molar-refractivity contribution in [3.8, 4) is 11.3 Å². The van der Waals surface area contributed by atoms with Gasteiger partial charge < -0.3 is 10.1 Å². The Balaban J connectivity index is 2.34. The van der Waals surface area contributed by atoms with Crippen molar-refractivity contribution in [2.45, 2.75) is 19.3 Å². The summed E-state index contributed by atoms with van der Waals surface area (Å²) in [6.45, 7) is 1.80. The van der Waals surface area contributed by atoms with E-state index < -0.39 is 16.8 Å². The summed E-state index contributed by atoms with van der Waals surface area (Å²) in [6.07, 6.45) is 0.394. The molecule has 0 fully saturated rings. The number of fused-ring (bicyclic) bond motifs is 1. The van der Waals surface area contributed by atoms with Crippen molar-refractivity contribution in [2.75, 3.05) is 0 Å². The molecule has 0 aliphatic carbocycles. The number of nitrogens with one attached hydrogen (secondary N) is 1. The van der Waals surface area contributed by atoms with Crippen LogP contribution in [0.5, 0.6) is 0 Å². The predicted molar refractivity (Wildman–Crippen MR) is 91.1 cm³/mol. The van der Waals surface area contributed by atoms with Crippen LogP contribution in [0.3, 0.4) is 0 Å². The molecule has 0 saturated carbocycles. The molecule has 6 nitrogen and oxygen atoms in total. The number of aliphatic carboxylic acids is 1. The molecule has 6 heteroatoms. The number of nitro groups is 1. The van der Waals surface area contributed by atoms with Gasteiger partial charge in [-0.1, -0.05) is 37.3 Å². The first kappa shape index (κ1) is 15.7. The van der Waals surface area contributed by atoms with Crippen LogP contribution in [0.15, 0.2) is 48.5 Å². The number of carbonyl (C=O) groups is 1. The van der Waals surface area contributed by atoms with Gasteiger partial charge in [-0.25, -0.2) is 0 Å². The molecule has 0 aliphatic heterocycles. The molecule has 1 atom stereocenters. The molecule has 2 N–H and O–H groups in total. The van der Waals surface area contributed by atoms with Gasteiger partial charge in [0.1, 0.15) is 0 Å². The zero-order valence-corrected chi connectivity index (χ0v) is 13.0. The highest BCUT2D eigenvalue weighted by Gasteiger charge is 2.26. The van der Waals surface area contributed by atoms with Gasteiger partial charge in [-0.15, -0.1) is 0 Å². The highest BCUT2D eigenvalue weighted by molar-refractivity contribution is 5.96. The molecule has 24 heavy (non-hydrogen) atoms. The molecule has 0 amide bonds. The van der Waals surface area contributed by atoms with E-state index in [1.165, 1.54) is 12.1 Å². The van der Waals surface area contributed by atoms with Crippen molar-refractivity contribution in [1.82, 2.24) is 4.98 Å². The average Bonchev–Trinajstić information content (AvgIpc) is 2.94. The minimum absolute atomic E-state index is 0.0531. The molecule has 2 aromatic carbocycles. The first-order valence-electron chi connectivity index (χ1n) is 7.61. The molecule has 0 bridgehead atoms. The number of carboxylic acid groups (broad SMARTS) is 1. The van der Waals surface area contributed by atoms with Gasteiger partial charge in [0.2, 0.25) is 0 Å². The van der Waals surface area contributed by atoms with Crippen molar-refractivity contribution < 1.29 is 14.8 Å². The van der Waals surface area contributed by atoms with Crippen molar-refractivity contribution >= 4 is 22.6 Å². The van der Waals surface area contributed by atoms with E-state index >= 15 is 0 Å². The Kier molecular flexibility index (Phi) is 4.04. The number of non-ortho nitro benzene ring substituents is 1. The maximum Gasteiger partial charge on any atom is 0.311 e. The van der Waals surface area contributed by atoms with Gasteiger partial charge in [-0.05, 0) is 23.6 Å². The van der Waals surface area contributed by atoms with Crippen LogP contribution in [0.4, 0.5) is 5.69 Å². The number of benzene rings is 2. The van der Waals surface area contributed by atoms with E-state index in [0.717, 1.165) is 5.56 Å². The zero-order chi connectivity index (χ0) is 17.3. The van der Waals surface area contributed by atoms with Crippen LogP contribution in [0.1, 0.15) is 24.8 Å². The third-order valence-corrected chi connectivity index (χ3v) is 4.15. The lowest BCUT2D eigenvalue weighted by atomic mass is 9.91. The van der Waals surface area contributed by atoms with E-state index in [1.54, 1.807) is 13.0 Å². The van der Waals surface area contributed by atoms with Crippen LogP contribution < -0.4 is 0 Å². The van der Waals surface area contributed by atoms with Gasteiger partial charge >= 0.3 is 5.97 Å². The standard InChI is InChI=1S/C18H16N2O4/c1-2-13(18(21)22)16-14-10-12(20(23)24)8-9-15(14)19-17(16)11-6-4-3-5-7-11/h3-10,13,19H,2H2,1H3,(H,21,22). The van der Waals surface area contributed by atoms with Crippen molar-refractivity contribution in [2.24, 2.45) is 0 Å². The summed E-state index contributed by atoms with van der Waals surface area (Å²) in [4.78, 5) is 25.6. The molecule has 0 aliphatic rings. The van der Waals surface area contributed by atoms with Gasteiger partial charge in [-0.2, -0.15) is 0 Å². The molecular weight excluding hydrogens is 308 g/mol. The monoisotopic (exact) mass is 324 g/mol. The lowest BCUT2D eigenvalue weighted by Gasteiger charge is -2.12. The van der Waals surface area contributed by atoms with Gasteiger partial charge in [-0.3, -0.25) is 14.9 Å². The number of rotatable bonds is 5. The fourth-order valence-electron chi connectivity index (χ4n) is 3.01. The van der Waals surface area contributed by atoms with Crippen LogP contribution in [0.2, 0.25) is 0 Å². The topological polar surface area (TPSA) is 96.2 Å². The fraction of sp³-hybridized carbons (Fsp3) is 0.167. The number of aromatic nitrogens is 1. The second kappa shape index (κ2) is 6.16. The Bertz CT molecular complexity index is 915. The highest BCUT2D eigenvalue weighted by Crippen LogP contribution is 2.38. The average molecular weight is 324 g/mol. The summed E-state index contributed by atoms with van der Waals surface area (Å²) < 4.78 is 0. The molecule has 1 heterocycles. The van der Waals surface area contributed by atoms with E-state index in [9.17, 15) is 20.0 Å². The van der Waals surface area contributed by atoms with Crippen LogP contribution in [0.25, 0.3) is 22.2 Å². The fourth-order valence-corrected chi connectivity index (χ4v) is 3.01. The highest BCUT2D eigenvalue weighted by atomic mass is 16.6. The number of nitro benzene ring substituents is 1. The summed E-state index contributed by atoms with van der Waals surface area (Å²) in [7, 11) is 0. The van der Waals surface area contributed by atoms with Gasteiger partial charge in [0.15, 0.2) is 0 Å². The van der Waals surface area contributed by atoms with Gasteiger partial charge in [0.05, 0.1) is 16.5 Å². The summed E-state index contributed by atoms with van der Waals surface area (Å²) in [5.74, 6) is -1.68. The minimum atomic E-state index is -0.943. The molecular formula is C18H16N2O4. The first-order valence-corrected chi connectivity index (χ1v) is 7.61. The molecule has 3 rings (SSSR count). The van der Waals surface area contributed by atoms with Crippen molar-refractivity contribution in [3.05, 3.63) is 64.2 Å². The molecule has 0 spiro atoms. The summed E-state index contributed by atoms with van der Waals surface area (Å²) in [6, 6.07) is 13.9. The predicted octanol–water partition coefficient (Wildman–Crippen LogP) is 4.32. The second-order valence-electron chi connectivity index (χ2n) is 5.57. The van der Waals surface area contributed by atoms with Gasteiger partial charge in [0.25, 0.3) is 5.69 Å². The van der Waals surface area contributed by atoms with Crippen LogP contribution >= 0.6 is 0 Å². The van der Waals surface area contributed by atoms with Crippen molar-refractivity contribution in [3.63, 3.8) is 0 Å². The second-order valence-corrected chi connectivity index (χ2v) is 5.57. The third kappa shape index (κ3) is 2.62. The summed E-state index contributed by atoms with van der Waals surface area (Å²) >= 11 is 0. The zero-order valence-electron chi connectivity index (χ0n) is 13.0. The number of H-pyrrole nitrogens is 1. The third-order valence-electron chi connectivity index (χ3n) is 4.15. The number of hydrogen-bond donors (Lipinski definition) is 2. The number of aromatic amines is 1. The Morgan fingerprint density at radius 2 is 1.96 bits per heavy atom.